The van der Waals surface area contributed by atoms with Crippen LogP contribution < -0.4 is 22.5 Å². The summed E-state index contributed by atoms with van der Waals surface area (Å²) in [6.07, 6.45) is 0.705. The number of anilines is 2. The number of carbonyl (C=O) groups is 1. The van der Waals surface area contributed by atoms with Crippen molar-refractivity contribution in [1.29, 1.82) is 0 Å². The first kappa shape index (κ1) is 14.2. The summed E-state index contributed by atoms with van der Waals surface area (Å²) < 4.78 is 13.7. The molecule has 1 heterocycles. The van der Waals surface area contributed by atoms with E-state index < -0.39 is 11.7 Å². The van der Waals surface area contributed by atoms with Crippen LogP contribution in [0.4, 0.5) is 16.0 Å². The third-order valence-corrected chi connectivity index (χ3v) is 2.67. The van der Waals surface area contributed by atoms with Gasteiger partial charge in [0.1, 0.15) is 5.82 Å². The van der Waals surface area contributed by atoms with Crippen molar-refractivity contribution < 1.29 is 9.18 Å². The SMILES string of the molecule is CC[C@@H](Nc1nc(N)c(C(N)=O)cc1F)[C@H](C)N. The maximum absolute atomic E-state index is 13.7. The molecule has 0 aliphatic rings. The van der Waals surface area contributed by atoms with Gasteiger partial charge in [-0.15, -0.1) is 0 Å². The first-order valence-corrected chi connectivity index (χ1v) is 5.64. The van der Waals surface area contributed by atoms with E-state index in [1.54, 1.807) is 6.92 Å². The summed E-state index contributed by atoms with van der Waals surface area (Å²) in [7, 11) is 0. The van der Waals surface area contributed by atoms with Gasteiger partial charge in [-0.05, 0) is 19.4 Å². The molecule has 6 nitrogen and oxygen atoms in total. The lowest BCUT2D eigenvalue weighted by molar-refractivity contribution is 0.100. The largest absolute Gasteiger partial charge is 0.383 e. The van der Waals surface area contributed by atoms with Crippen LogP contribution >= 0.6 is 0 Å². The van der Waals surface area contributed by atoms with Crippen LogP contribution in [0.5, 0.6) is 0 Å². The van der Waals surface area contributed by atoms with E-state index in [0.717, 1.165) is 6.07 Å². The van der Waals surface area contributed by atoms with Crippen molar-refractivity contribution in [3.05, 3.63) is 17.4 Å². The van der Waals surface area contributed by atoms with Gasteiger partial charge < -0.3 is 22.5 Å². The third kappa shape index (κ3) is 3.07. The number of nitrogens with one attached hydrogen (secondary N) is 1. The zero-order valence-corrected chi connectivity index (χ0v) is 10.4. The molecule has 0 bridgehead atoms. The van der Waals surface area contributed by atoms with Crippen molar-refractivity contribution in [1.82, 2.24) is 4.98 Å². The van der Waals surface area contributed by atoms with Crippen LogP contribution in [0.2, 0.25) is 0 Å². The number of rotatable bonds is 5. The number of primary amides is 1. The zero-order chi connectivity index (χ0) is 13.9. The third-order valence-electron chi connectivity index (χ3n) is 2.67. The number of nitrogen functional groups attached to an aromatic ring is 1. The first-order chi connectivity index (χ1) is 8.36. The van der Waals surface area contributed by atoms with E-state index in [4.69, 9.17) is 17.2 Å². The minimum absolute atomic E-state index is 0.0262. The maximum atomic E-state index is 13.7. The second-order valence-corrected chi connectivity index (χ2v) is 4.13. The molecule has 0 unspecified atom stereocenters. The Labute approximate surface area is 105 Å². The number of hydrogen-bond acceptors (Lipinski definition) is 5. The smallest absolute Gasteiger partial charge is 0.252 e. The van der Waals surface area contributed by atoms with Gasteiger partial charge in [0.15, 0.2) is 11.6 Å². The van der Waals surface area contributed by atoms with Gasteiger partial charge in [-0.3, -0.25) is 4.79 Å². The Morgan fingerprint density at radius 1 is 1.61 bits per heavy atom. The van der Waals surface area contributed by atoms with Crippen LogP contribution in [0, 0.1) is 5.82 Å². The Balaban J connectivity index is 3.04. The predicted octanol–water partition coefficient (Wildman–Crippen LogP) is 0.440. The Hall–Kier alpha value is -1.89. The summed E-state index contributed by atoms with van der Waals surface area (Å²) in [5.41, 5.74) is 16.2. The number of halogens is 1. The Kier molecular flexibility index (Phi) is 4.43. The molecular weight excluding hydrogens is 237 g/mol. The van der Waals surface area contributed by atoms with E-state index in [2.05, 4.69) is 10.3 Å². The summed E-state index contributed by atoms with van der Waals surface area (Å²) in [6.45, 7) is 3.72. The molecule has 0 fully saturated rings. The summed E-state index contributed by atoms with van der Waals surface area (Å²) in [4.78, 5) is 14.8. The molecule has 0 saturated heterocycles. The summed E-state index contributed by atoms with van der Waals surface area (Å²) >= 11 is 0. The molecule has 1 aromatic heterocycles. The molecular formula is C11H18FN5O. The highest BCUT2D eigenvalue weighted by molar-refractivity contribution is 5.97. The van der Waals surface area contributed by atoms with Gasteiger partial charge in [0.05, 0.1) is 5.56 Å². The highest BCUT2D eigenvalue weighted by Gasteiger charge is 2.17. The number of amides is 1. The molecule has 0 radical (unpaired) electrons. The van der Waals surface area contributed by atoms with Gasteiger partial charge >= 0.3 is 0 Å². The summed E-state index contributed by atoms with van der Waals surface area (Å²) in [5, 5.41) is 2.86. The molecule has 100 valence electrons. The average molecular weight is 255 g/mol. The number of aromatic nitrogens is 1. The zero-order valence-electron chi connectivity index (χ0n) is 10.4. The van der Waals surface area contributed by atoms with Gasteiger partial charge in [0, 0.05) is 12.1 Å². The topological polar surface area (TPSA) is 120 Å². The molecule has 1 aromatic rings. The standard InChI is InChI=1S/C11H18FN5O/c1-3-8(5(2)13)16-11-7(12)4-6(10(15)18)9(14)17-11/h4-5,8H,3,13H2,1-2H3,(H2,15,18)(H3,14,16,17)/t5-,8+/m0/s1. The molecule has 7 N–H and O–H groups in total. The van der Waals surface area contributed by atoms with Crippen LogP contribution in [0.1, 0.15) is 30.6 Å². The molecule has 0 aliphatic carbocycles. The van der Waals surface area contributed by atoms with E-state index in [1.165, 1.54) is 0 Å². The van der Waals surface area contributed by atoms with Gasteiger partial charge in [-0.2, -0.15) is 0 Å². The number of nitrogens with two attached hydrogens (primary N) is 3. The van der Waals surface area contributed by atoms with Crippen molar-refractivity contribution in [3.63, 3.8) is 0 Å². The maximum Gasteiger partial charge on any atom is 0.252 e. The fourth-order valence-corrected chi connectivity index (χ4v) is 1.58. The van der Waals surface area contributed by atoms with Crippen LogP contribution in [-0.2, 0) is 0 Å². The highest BCUT2D eigenvalue weighted by Crippen LogP contribution is 2.19. The fraction of sp³-hybridized carbons (Fsp3) is 0.455. The molecule has 7 heteroatoms. The van der Waals surface area contributed by atoms with Crippen molar-refractivity contribution in [2.24, 2.45) is 11.5 Å². The minimum Gasteiger partial charge on any atom is -0.383 e. The number of pyridine rings is 1. The van der Waals surface area contributed by atoms with E-state index >= 15 is 0 Å². The van der Waals surface area contributed by atoms with Gasteiger partial charge in [0.25, 0.3) is 5.91 Å². The number of carbonyl (C=O) groups excluding carboxylic acids is 1. The van der Waals surface area contributed by atoms with Gasteiger partial charge in [0.2, 0.25) is 0 Å². The highest BCUT2D eigenvalue weighted by atomic mass is 19.1. The lowest BCUT2D eigenvalue weighted by Crippen LogP contribution is -2.38. The molecule has 18 heavy (non-hydrogen) atoms. The fourth-order valence-electron chi connectivity index (χ4n) is 1.58. The Morgan fingerprint density at radius 3 is 2.67 bits per heavy atom. The van der Waals surface area contributed by atoms with Crippen LogP contribution in [0.15, 0.2) is 6.07 Å². The molecule has 0 spiro atoms. The van der Waals surface area contributed by atoms with Gasteiger partial charge in [-0.25, -0.2) is 9.37 Å². The average Bonchev–Trinajstić information content (AvgIpc) is 2.28. The predicted molar refractivity (Wildman–Crippen MR) is 68.5 cm³/mol. The minimum atomic E-state index is -0.815. The summed E-state index contributed by atoms with van der Waals surface area (Å²) in [5.74, 6) is -1.63. The quantitative estimate of drug-likeness (QED) is 0.608. The lowest BCUT2D eigenvalue weighted by atomic mass is 10.1. The van der Waals surface area contributed by atoms with Crippen LogP contribution in [0.25, 0.3) is 0 Å². The van der Waals surface area contributed by atoms with E-state index in [-0.39, 0.29) is 29.3 Å². The van der Waals surface area contributed by atoms with Crippen molar-refractivity contribution in [3.8, 4) is 0 Å². The molecule has 2 atom stereocenters. The van der Waals surface area contributed by atoms with Gasteiger partial charge in [-0.1, -0.05) is 6.92 Å². The Morgan fingerprint density at radius 2 is 2.22 bits per heavy atom. The van der Waals surface area contributed by atoms with E-state index in [0.29, 0.717) is 6.42 Å². The van der Waals surface area contributed by atoms with Crippen molar-refractivity contribution >= 4 is 17.5 Å². The Bertz CT molecular complexity index is 449. The molecule has 0 aliphatic heterocycles. The molecule has 1 amide bonds. The van der Waals surface area contributed by atoms with Crippen LogP contribution in [-0.4, -0.2) is 23.0 Å². The molecule has 0 aromatic carbocycles. The first-order valence-electron chi connectivity index (χ1n) is 5.64. The number of nitrogens with zero attached hydrogens (tertiary/aromatic N) is 1. The number of hydrogen-bond donors (Lipinski definition) is 4. The lowest BCUT2D eigenvalue weighted by Gasteiger charge is -2.21. The van der Waals surface area contributed by atoms with E-state index in [9.17, 15) is 9.18 Å². The normalized spacial score (nSPS) is 14.0. The van der Waals surface area contributed by atoms with E-state index in [1.807, 2.05) is 6.92 Å². The van der Waals surface area contributed by atoms with Crippen LogP contribution in [0.3, 0.4) is 0 Å². The van der Waals surface area contributed by atoms with Crippen molar-refractivity contribution in [2.45, 2.75) is 32.4 Å². The molecule has 0 saturated carbocycles. The molecule has 1 rings (SSSR count). The summed E-state index contributed by atoms with van der Waals surface area (Å²) in [6, 6.07) is 0.667. The van der Waals surface area contributed by atoms with Crippen molar-refractivity contribution in [2.75, 3.05) is 11.1 Å². The monoisotopic (exact) mass is 255 g/mol. The second-order valence-electron chi connectivity index (χ2n) is 4.13. The second kappa shape index (κ2) is 5.63.